The normalized spacial score (nSPS) is 10.4. The van der Waals surface area contributed by atoms with Crippen LogP contribution >= 0.6 is 0 Å². The number of allylic oxidation sites excluding steroid dienone is 1. The van der Waals surface area contributed by atoms with Crippen LogP contribution in [0.5, 0.6) is 0 Å². The summed E-state index contributed by atoms with van der Waals surface area (Å²) in [5, 5.41) is 3.13. The summed E-state index contributed by atoms with van der Waals surface area (Å²) >= 11 is 0. The van der Waals surface area contributed by atoms with Crippen LogP contribution in [0.2, 0.25) is 0 Å². The van der Waals surface area contributed by atoms with Crippen LogP contribution in [0.3, 0.4) is 0 Å². The summed E-state index contributed by atoms with van der Waals surface area (Å²) in [6, 6.07) is 3.31. The lowest BCUT2D eigenvalue weighted by molar-refractivity contribution is 0.0600. The molecule has 0 aliphatic heterocycles. The Labute approximate surface area is 95.3 Å². The maximum atomic E-state index is 11.3. The molecule has 0 spiro atoms. The van der Waals surface area contributed by atoms with E-state index in [0.717, 1.165) is 13.0 Å². The van der Waals surface area contributed by atoms with Gasteiger partial charge in [-0.2, -0.15) is 0 Å². The number of nitrogens with zero attached hydrogens (tertiary/aromatic N) is 1. The van der Waals surface area contributed by atoms with Gasteiger partial charge in [0, 0.05) is 12.7 Å². The molecule has 1 N–H and O–H groups in total. The van der Waals surface area contributed by atoms with Crippen molar-refractivity contribution in [2.45, 2.75) is 13.3 Å². The van der Waals surface area contributed by atoms with Gasteiger partial charge in [0.1, 0.15) is 5.82 Å². The molecule has 0 atom stereocenters. The zero-order chi connectivity index (χ0) is 11.8. The van der Waals surface area contributed by atoms with Gasteiger partial charge in [-0.3, -0.25) is 0 Å². The Kier molecular flexibility index (Phi) is 5.05. The van der Waals surface area contributed by atoms with E-state index >= 15 is 0 Å². The van der Waals surface area contributed by atoms with E-state index in [0.29, 0.717) is 11.4 Å². The maximum absolute atomic E-state index is 11.3. The van der Waals surface area contributed by atoms with Gasteiger partial charge in [0.05, 0.1) is 12.7 Å². The first-order valence-electron chi connectivity index (χ1n) is 5.17. The number of ether oxygens (including phenoxy) is 1. The van der Waals surface area contributed by atoms with Gasteiger partial charge >= 0.3 is 5.97 Å². The largest absolute Gasteiger partial charge is 0.465 e. The number of hydrogen-bond acceptors (Lipinski definition) is 4. The molecule has 4 heteroatoms. The minimum atomic E-state index is -0.348. The lowest BCUT2D eigenvalue weighted by Crippen LogP contribution is -2.06. The molecular formula is C12H16N2O2. The van der Waals surface area contributed by atoms with Crippen LogP contribution in [0.15, 0.2) is 30.5 Å². The van der Waals surface area contributed by atoms with Gasteiger partial charge < -0.3 is 10.1 Å². The van der Waals surface area contributed by atoms with Gasteiger partial charge in [-0.1, -0.05) is 12.2 Å². The van der Waals surface area contributed by atoms with Crippen molar-refractivity contribution >= 4 is 11.8 Å². The molecule has 0 amide bonds. The van der Waals surface area contributed by atoms with Gasteiger partial charge in [0.15, 0.2) is 0 Å². The van der Waals surface area contributed by atoms with E-state index in [-0.39, 0.29) is 5.97 Å². The fourth-order valence-electron chi connectivity index (χ4n) is 1.22. The van der Waals surface area contributed by atoms with E-state index in [1.165, 1.54) is 7.11 Å². The maximum Gasteiger partial charge on any atom is 0.338 e. The second-order valence-electron chi connectivity index (χ2n) is 3.21. The van der Waals surface area contributed by atoms with Crippen LogP contribution in [0.25, 0.3) is 0 Å². The van der Waals surface area contributed by atoms with Gasteiger partial charge in [-0.15, -0.1) is 0 Å². The van der Waals surface area contributed by atoms with Crippen LogP contribution in [-0.2, 0) is 4.74 Å². The second kappa shape index (κ2) is 6.61. The van der Waals surface area contributed by atoms with Crippen LogP contribution in [0.1, 0.15) is 23.7 Å². The van der Waals surface area contributed by atoms with E-state index in [9.17, 15) is 4.79 Å². The molecule has 0 radical (unpaired) electrons. The molecule has 4 nitrogen and oxygen atoms in total. The number of aromatic nitrogens is 1. The van der Waals surface area contributed by atoms with Crippen LogP contribution in [-0.4, -0.2) is 24.6 Å². The van der Waals surface area contributed by atoms with Crippen molar-refractivity contribution in [1.29, 1.82) is 0 Å². The number of methoxy groups -OCH3 is 1. The molecule has 0 bridgehead atoms. The Hall–Kier alpha value is -1.84. The van der Waals surface area contributed by atoms with E-state index < -0.39 is 0 Å². The summed E-state index contributed by atoms with van der Waals surface area (Å²) in [4.78, 5) is 15.4. The summed E-state index contributed by atoms with van der Waals surface area (Å²) in [7, 11) is 1.36. The number of pyridine rings is 1. The molecule has 1 rings (SSSR count). The highest BCUT2D eigenvalue weighted by Crippen LogP contribution is 2.07. The lowest BCUT2D eigenvalue weighted by atomic mass is 10.2. The Balaban J connectivity index is 2.57. The third kappa shape index (κ3) is 3.73. The smallest absolute Gasteiger partial charge is 0.338 e. The quantitative estimate of drug-likeness (QED) is 0.469. The monoisotopic (exact) mass is 220 g/mol. The van der Waals surface area contributed by atoms with Crippen molar-refractivity contribution in [2.24, 2.45) is 0 Å². The zero-order valence-electron chi connectivity index (χ0n) is 9.56. The van der Waals surface area contributed by atoms with Gasteiger partial charge in [0.25, 0.3) is 0 Å². The zero-order valence-corrected chi connectivity index (χ0v) is 9.56. The van der Waals surface area contributed by atoms with Crippen molar-refractivity contribution in [2.75, 3.05) is 19.0 Å². The molecule has 1 aromatic rings. The highest BCUT2D eigenvalue weighted by atomic mass is 16.5. The molecule has 1 heterocycles. The summed E-state index contributed by atoms with van der Waals surface area (Å²) in [6.07, 6.45) is 6.59. The predicted octanol–water partition coefficient (Wildman–Crippen LogP) is 2.25. The number of carbonyl (C=O) groups excluding carboxylic acids is 1. The molecular weight excluding hydrogens is 204 g/mol. The predicted molar refractivity (Wildman–Crippen MR) is 63.5 cm³/mol. The standard InChI is InChI=1S/C12H16N2O2/c1-3-4-5-7-13-11-9-10(6-8-14-11)12(15)16-2/h3-4,6,8-9H,5,7H2,1-2H3,(H,13,14)/b4-3+. The minimum Gasteiger partial charge on any atom is -0.465 e. The number of nitrogens with one attached hydrogen (secondary N) is 1. The molecule has 1 aromatic heterocycles. The van der Waals surface area contributed by atoms with E-state index in [1.807, 2.05) is 13.0 Å². The molecule has 0 aromatic carbocycles. The lowest BCUT2D eigenvalue weighted by Gasteiger charge is -2.05. The molecule has 86 valence electrons. The molecule has 0 fully saturated rings. The van der Waals surface area contributed by atoms with Gasteiger partial charge in [0.2, 0.25) is 0 Å². The first-order valence-corrected chi connectivity index (χ1v) is 5.17. The SMILES string of the molecule is C/C=C/CCNc1cc(C(=O)OC)ccn1. The van der Waals surface area contributed by atoms with Crippen molar-refractivity contribution in [3.63, 3.8) is 0 Å². The number of rotatable bonds is 5. The van der Waals surface area contributed by atoms with E-state index in [2.05, 4.69) is 21.1 Å². The molecule has 0 unspecified atom stereocenters. The molecule has 0 saturated heterocycles. The molecule has 16 heavy (non-hydrogen) atoms. The van der Waals surface area contributed by atoms with E-state index in [1.54, 1.807) is 18.3 Å². The first kappa shape index (κ1) is 12.2. The molecule has 0 aliphatic carbocycles. The highest BCUT2D eigenvalue weighted by Gasteiger charge is 2.05. The number of esters is 1. The average molecular weight is 220 g/mol. The summed E-state index contributed by atoms with van der Waals surface area (Å²) in [5.41, 5.74) is 0.506. The first-order chi connectivity index (χ1) is 7.77. The molecule has 0 saturated carbocycles. The number of hydrogen-bond donors (Lipinski definition) is 1. The third-order valence-electron chi connectivity index (χ3n) is 2.03. The Morgan fingerprint density at radius 2 is 2.44 bits per heavy atom. The Bertz CT molecular complexity index is 375. The minimum absolute atomic E-state index is 0.348. The second-order valence-corrected chi connectivity index (χ2v) is 3.21. The van der Waals surface area contributed by atoms with Crippen molar-refractivity contribution in [1.82, 2.24) is 4.98 Å². The highest BCUT2D eigenvalue weighted by molar-refractivity contribution is 5.89. The number of anilines is 1. The number of carbonyl (C=O) groups is 1. The average Bonchev–Trinajstić information content (AvgIpc) is 2.34. The van der Waals surface area contributed by atoms with Gasteiger partial charge in [-0.25, -0.2) is 9.78 Å². The van der Waals surface area contributed by atoms with Crippen molar-refractivity contribution in [3.8, 4) is 0 Å². The van der Waals surface area contributed by atoms with Crippen LogP contribution in [0, 0.1) is 0 Å². The summed E-state index contributed by atoms with van der Waals surface area (Å²) in [6.45, 7) is 2.78. The third-order valence-corrected chi connectivity index (χ3v) is 2.03. The Morgan fingerprint density at radius 1 is 1.62 bits per heavy atom. The summed E-state index contributed by atoms with van der Waals surface area (Å²) in [5.74, 6) is 0.339. The fraction of sp³-hybridized carbons (Fsp3) is 0.333. The summed E-state index contributed by atoms with van der Waals surface area (Å²) < 4.78 is 4.63. The topological polar surface area (TPSA) is 51.2 Å². The fourth-order valence-corrected chi connectivity index (χ4v) is 1.22. The van der Waals surface area contributed by atoms with Crippen molar-refractivity contribution in [3.05, 3.63) is 36.0 Å². The van der Waals surface area contributed by atoms with Crippen LogP contribution in [0.4, 0.5) is 5.82 Å². The molecule has 0 aliphatic rings. The Morgan fingerprint density at radius 3 is 3.12 bits per heavy atom. The van der Waals surface area contributed by atoms with Crippen LogP contribution < -0.4 is 5.32 Å². The van der Waals surface area contributed by atoms with Gasteiger partial charge in [-0.05, 0) is 25.5 Å². The van der Waals surface area contributed by atoms with Crippen molar-refractivity contribution < 1.29 is 9.53 Å². The van der Waals surface area contributed by atoms with E-state index in [4.69, 9.17) is 0 Å².